The van der Waals surface area contributed by atoms with Gasteiger partial charge in [0.15, 0.2) is 0 Å². The van der Waals surface area contributed by atoms with Crippen LogP contribution in [0, 0.1) is 0 Å². The molecule has 0 radical (unpaired) electrons. The Morgan fingerprint density at radius 2 is 2.00 bits per heavy atom. The van der Waals surface area contributed by atoms with E-state index in [2.05, 4.69) is 15.9 Å². The summed E-state index contributed by atoms with van der Waals surface area (Å²) in [6.45, 7) is 0.354. The molecule has 1 aromatic rings. The van der Waals surface area contributed by atoms with Gasteiger partial charge in [-0.15, -0.1) is 0 Å². The molecule has 17 heavy (non-hydrogen) atoms. The Balaban J connectivity index is 1.97. The lowest BCUT2D eigenvalue weighted by atomic mass is 9.85. The third kappa shape index (κ3) is 3.60. The maximum absolute atomic E-state index is 10.3. The summed E-state index contributed by atoms with van der Waals surface area (Å²) in [5.74, 6) is 0.730. The second-order valence-corrected chi connectivity index (χ2v) is 5.94. The lowest BCUT2D eigenvalue weighted by Gasteiger charge is -2.31. The van der Waals surface area contributed by atoms with Gasteiger partial charge in [0.1, 0.15) is 12.4 Å². The number of benzene rings is 1. The van der Waals surface area contributed by atoms with Crippen LogP contribution in [-0.4, -0.2) is 17.3 Å². The largest absolute Gasteiger partial charge is 0.489 e. The summed E-state index contributed by atoms with van der Waals surface area (Å²) in [5.41, 5.74) is -0.655. The van der Waals surface area contributed by atoms with Gasteiger partial charge in [0, 0.05) is 5.02 Å². The van der Waals surface area contributed by atoms with E-state index in [-0.39, 0.29) is 0 Å². The average molecular weight is 320 g/mol. The van der Waals surface area contributed by atoms with Crippen LogP contribution in [-0.2, 0) is 0 Å². The molecule has 0 spiro atoms. The molecule has 0 atom stereocenters. The molecule has 94 valence electrons. The van der Waals surface area contributed by atoms with Crippen molar-refractivity contribution >= 4 is 27.5 Å². The molecule has 0 amide bonds. The van der Waals surface area contributed by atoms with E-state index in [1.165, 1.54) is 6.42 Å². The molecule has 4 heteroatoms. The van der Waals surface area contributed by atoms with Gasteiger partial charge in [-0.05, 0) is 47.0 Å². The van der Waals surface area contributed by atoms with Gasteiger partial charge in [-0.1, -0.05) is 30.9 Å². The fourth-order valence-corrected chi connectivity index (χ4v) is 2.96. The number of halogens is 2. The van der Waals surface area contributed by atoms with Crippen LogP contribution in [0.5, 0.6) is 5.75 Å². The molecule has 1 N–H and O–H groups in total. The summed E-state index contributed by atoms with van der Waals surface area (Å²) < 4.78 is 6.50. The normalized spacial score (nSPS) is 19.0. The van der Waals surface area contributed by atoms with E-state index in [4.69, 9.17) is 16.3 Å². The Morgan fingerprint density at radius 1 is 1.29 bits per heavy atom. The minimum atomic E-state index is -0.655. The Bertz CT molecular complexity index is 389. The van der Waals surface area contributed by atoms with Crippen LogP contribution in [0.4, 0.5) is 0 Å². The second-order valence-electron chi connectivity index (χ2n) is 4.65. The first-order chi connectivity index (χ1) is 8.09. The SMILES string of the molecule is OC1(COc2ccc(Cl)cc2Br)CCCCC1. The zero-order valence-electron chi connectivity index (χ0n) is 9.59. The van der Waals surface area contributed by atoms with E-state index >= 15 is 0 Å². The second kappa shape index (κ2) is 5.59. The van der Waals surface area contributed by atoms with Crippen LogP contribution in [0.25, 0.3) is 0 Å². The van der Waals surface area contributed by atoms with Crippen LogP contribution in [0.1, 0.15) is 32.1 Å². The first-order valence-corrected chi connectivity index (χ1v) is 7.06. The predicted molar refractivity (Wildman–Crippen MR) is 72.7 cm³/mol. The smallest absolute Gasteiger partial charge is 0.133 e. The number of aliphatic hydroxyl groups is 1. The first-order valence-electron chi connectivity index (χ1n) is 5.89. The molecular formula is C13H16BrClO2. The Hall–Kier alpha value is -0.250. The Labute approximate surface area is 115 Å². The zero-order valence-corrected chi connectivity index (χ0v) is 11.9. The molecule has 0 aromatic heterocycles. The van der Waals surface area contributed by atoms with Gasteiger partial charge in [0.2, 0.25) is 0 Å². The lowest BCUT2D eigenvalue weighted by Crippen LogP contribution is -2.37. The van der Waals surface area contributed by atoms with Gasteiger partial charge in [-0.2, -0.15) is 0 Å². The molecule has 0 heterocycles. The van der Waals surface area contributed by atoms with Crippen LogP contribution < -0.4 is 4.74 Å². The highest BCUT2D eigenvalue weighted by Gasteiger charge is 2.30. The molecule has 0 unspecified atom stereocenters. The molecule has 1 aliphatic carbocycles. The molecule has 2 rings (SSSR count). The summed E-state index contributed by atoms with van der Waals surface area (Å²) >= 11 is 9.26. The van der Waals surface area contributed by atoms with Crippen molar-refractivity contribution in [3.8, 4) is 5.75 Å². The molecule has 1 saturated carbocycles. The Kier molecular flexibility index (Phi) is 4.34. The summed E-state index contributed by atoms with van der Waals surface area (Å²) in [6, 6.07) is 5.40. The standard InChI is InChI=1S/C13H16BrClO2/c14-11-8-10(15)4-5-12(11)17-9-13(16)6-2-1-3-7-13/h4-5,8,16H,1-3,6-7,9H2. The van der Waals surface area contributed by atoms with Crippen molar-refractivity contribution in [1.82, 2.24) is 0 Å². The minimum absolute atomic E-state index is 0.354. The van der Waals surface area contributed by atoms with E-state index in [1.54, 1.807) is 12.1 Å². The van der Waals surface area contributed by atoms with Crippen molar-refractivity contribution in [3.63, 3.8) is 0 Å². The maximum Gasteiger partial charge on any atom is 0.133 e. The topological polar surface area (TPSA) is 29.5 Å². The van der Waals surface area contributed by atoms with Crippen molar-refractivity contribution in [2.45, 2.75) is 37.7 Å². The van der Waals surface area contributed by atoms with Crippen LogP contribution in [0.15, 0.2) is 22.7 Å². The highest BCUT2D eigenvalue weighted by Crippen LogP contribution is 2.32. The van der Waals surface area contributed by atoms with Gasteiger partial charge < -0.3 is 9.84 Å². The highest BCUT2D eigenvalue weighted by molar-refractivity contribution is 9.10. The van der Waals surface area contributed by atoms with E-state index < -0.39 is 5.60 Å². The third-order valence-corrected chi connectivity index (χ3v) is 4.03. The van der Waals surface area contributed by atoms with Crippen molar-refractivity contribution in [3.05, 3.63) is 27.7 Å². The number of hydrogen-bond acceptors (Lipinski definition) is 2. The monoisotopic (exact) mass is 318 g/mol. The third-order valence-electron chi connectivity index (χ3n) is 3.17. The average Bonchev–Trinajstić information content (AvgIpc) is 2.29. The molecule has 2 nitrogen and oxygen atoms in total. The van der Waals surface area contributed by atoms with E-state index in [0.717, 1.165) is 35.9 Å². The van der Waals surface area contributed by atoms with Gasteiger partial charge in [-0.25, -0.2) is 0 Å². The summed E-state index contributed by atoms with van der Waals surface area (Å²) in [6.07, 6.45) is 5.05. The van der Waals surface area contributed by atoms with E-state index in [1.807, 2.05) is 6.07 Å². The van der Waals surface area contributed by atoms with Crippen LogP contribution in [0.2, 0.25) is 5.02 Å². The summed E-state index contributed by atoms with van der Waals surface area (Å²) in [5, 5.41) is 11.0. The molecule has 0 saturated heterocycles. The van der Waals surface area contributed by atoms with Gasteiger partial charge in [0.05, 0.1) is 10.1 Å². The van der Waals surface area contributed by atoms with E-state index in [0.29, 0.717) is 11.6 Å². The Morgan fingerprint density at radius 3 is 2.65 bits per heavy atom. The van der Waals surface area contributed by atoms with E-state index in [9.17, 15) is 5.11 Å². The van der Waals surface area contributed by atoms with Gasteiger partial charge in [0.25, 0.3) is 0 Å². The molecule has 1 fully saturated rings. The van der Waals surface area contributed by atoms with Crippen molar-refractivity contribution < 1.29 is 9.84 Å². The first kappa shape index (κ1) is 13.2. The lowest BCUT2D eigenvalue weighted by molar-refractivity contribution is -0.0340. The fourth-order valence-electron chi connectivity index (χ4n) is 2.16. The van der Waals surface area contributed by atoms with Crippen molar-refractivity contribution in [1.29, 1.82) is 0 Å². The number of hydrogen-bond donors (Lipinski definition) is 1. The molecule has 1 aromatic carbocycles. The van der Waals surface area contributed by atoms with Gasteiger partial charge >= 0.3 is 0 Å². The highest BCUT2D eigenvalue weighted by atomic mass is 79.9. The number of ether oxygens (including phenoxy) is 1. The zero-order chi connectivity index (χ0) is 12.3. The molecule has 0 bridgehead atoms. The quantitative estimate of drug-likeness (QED) is 0.906. The number of rotatable bonds is 3. The van der Waals surface area contributed by atoms with Gasteiger partial charge in [-0.3, -0.25) is 0 Å². The molecule has 0 aliphatic heterocycles. The van der Waals surface area contributed by atoms with Crippen molar-refractivity contribution in [2.24, 2.45) is 0 Å². The minimum Gasteiger partial charge on any atom is -0.489 e. The maximum atomic E-state index is 10.3. The summed E-state index contributed by atoms with van der Waals surface area (Å²) in [7, 11) is 0. The van der Waals surface area contributed by atoms with Crippen molar-refractivity contribution in [2.75, 3.05) is 6.61 Å². The molecule has 1 aliphatic rings. The summed E-state index contributed by atoms with van der Waals surface area (Å²) in [4.78, 5) is 0. The van der Waals surface area contributed by atoms with Crippen LogP contribution >= 0.6 is 27.5 Å². The fraction of sp³-hybridized carbons (Fsp3) is 0.538. The van der Waals surface area contributed by atoms with Crippen LogP contribution in [0.3, 0.4) is 0 Å². The molecular weight excluding hydrogens is 303 g/mol. The predicted octanol–water partition coefficient (Wildman–Crippen LogP) is 4.18.